The molecule has 0 aliphatic heterocycles. The summed E-state index contributed by atoms with van der Waals surface area (Å²) in [5.41, 5.74) is 4.87. The number of carbonyl (C=O) groups is 2. The van der Waals surface area contributed by atoms with E-state index in [1.54, 1.807) is 17.9 Å². The van der Waals surface area contributed by atoms with Crippen LogP contribution in [0.15, 0.2) is 54.7 Å². The Morgan fingerprint density at radius 3 is 2.29 bits per heavy atom. The number of hydrogen-bond acceptors (Lipinski definition) is 3. The van der Waals surface area contributed by atoms with Crippen molar-refractivity contribution in [2.24, 2.45) is 0 Å². The molecule has 0 bridgehead atoms. The molecule has 3 aromatic rings. The minimum absolute atomic E-state index is 0.0391. The highest BCUT2D eigenvalue weighted by molar-refractivity contribution is 6.00. The standard InChI is InChI=1S/C22H24N4O2/c1-15-9-8-10-16(2)21(15)24-20(27)14-25(4)22(28)19-13-23-26(17(19)3)18-11-6-5-7-12-18/h5-13H,14H2,1-4H3,(H,24,27). The average Bonchev–Trinajstić information content (AvgIpc) is 3.06. The van der Waals surface area contributed by atoms with E-state index in [4.69, 9.17) is 0 Å². The summed E-state index contributed by atoms with van der Waals surface area (Å²) in [5.74, 6) is -0.474. The van der Waals surface area contributed by atoms with Crippen molar-refractivity contribution < 1.29 is 9.59 Å². The van der Waals surface area contributed by atoms with Gasteiger partial charge in [0.15, 0.2) is 0 Å². The molecule has 0 fully saturated rings. The van der Waals surface area contributed by atoms with Crippen LogP contribution in [0.25, 0.3) is 5.69 Å². The maximum atomic E-state index is 12.8. The summed E-state index contributed by atoms with van der Waals surface area (Å²) in [5, 5.41) is 7.24. The number of aromatic nitrogens is 2. The molecule has 2 amide bonds. The predicted octanol–water partition coefficient (Wildman–Crippen LogP) is 3.51. The van der Waals surface area contributed by atoms with Gasteiger partial charge >= 0.3 is 0 Å². The molecule has 1 N–H and O–H groups in total. The first-order valence-electron chi connectivity index (χ1n) is 9.10. The van der Waals surface area contributed by atoms with Gasteiger partial charge < -0.3 is 10.2 Å². The number of carbonyl (C=O) groups excluding carboxylic acids is 2. The van der Waals surface area contributed by atoms with Gasteiger partial charge in [-0.25, -0.2) is 4.68 Å². The third-order valence-electron chi connectivity index (χ3n) is 4.71. The molecule has 2 aromatic carbocycles. The fourth-order valence-electron chi connectivity index (χ4n) is 3.13. The Balaban J connectivity index is 1.71. The predicted molar refractivity (Wildman–Crippen MR) is 110 cm³/mol. The van der Waals surface area contributed by atoms with E-state index in [0.29, 0.717) is 5.56 Å². The summed E-state index contributed by atoms with van der Waals surface area (Å²) in [4.78, 5) is 26.7. The Hall–Kier alpha value is -3.41. The second kappa shape index (κ2) is 8.08. The van der Waals surface area contributed by atoms with Gasteiger partial charge in [0, 0.05) is 12.7 Å². The lowest BCUT2D eigenvalue weighted by Gasteiger charge is -2.18. The molecule has 0 unspecified atom stereocenters. The van der Waals surface area contributed by atoms with Gasteiger partial charge in [0.1, 0.15) is 0 Å². The molecule has 0 spiro atoms. The summed E-state index contributed by atoms with van der Waals surface area (Å²) < 4.78 is 1.72. The van der Waals surface area contributed by atoms with Crippen LogP contribution in [0.3, 0.4) is 0 Å². The fraction of sp³-hybridized carbons (Fsp3) is 0.227. The van der Waals surface area contributed by atoms with Crippen molar-refractivity contribution in [1.82, 2.24) is 14.7 Å². The number of aryl methyl sites for hydroxylation is 2. The first kappa shape index (κ1) is 19.4. The normalized spacial score (nSPS) is 10.6. The number of nitrogens with one attached hydrogen (secondary N) is 1. The van der Waals surface area contributed by atoms with Gasteiger partial charge in [0.2, 0.25) is 5.91 Å². The molecule has 0 aliphatic rings. The van der Waals surface area contributed by atoms with Gasteiger partial charge in [-0.1, -0.05) is 36.4 Å². The van der Waals surface area contributed by atoms with Gasteiger partial charge in [-0.05, 0) is 44.0 Å². The Morgan fingerprint density at radius 1 is 1.00 bits per heavy atom. The fourth-order valence-corrected chi connectivity index (χ4v) is 3.13. The second-order valence-electron chi connectivity index (χ2n) is 6.87. The van der Waals surface area contributed by atoms with Crippen molar-refractivity contribution in [3.05, 3.63) is 77.1 Å². The van der Waals surface area contributed by atoms with E-state index < -0.39 is 0 Å². The molecule has 0 aliphatic carbocycles. The van der Waals surface area contributed by atoms with Crippen LogP contribution in [0.4, 0.5) is 5.69 Å². The van der Waals surface area contributed by atoms with Crippen molar-refractivity contribution in [3.8, 4) is 5.69 Å². The van der Waals surface area contributed by atoms with Gasteiger partial charge in [-0.2, -0.15) is 5.10 Å². The number of para-hydroxylation sites is 2. The van der Waals surface area contributed by atoms with E-state index in [1.165, 1.54) is 4.90 Å². The van der Waals surface area contributed by atoms with E-state index in [0.717, 1.165) is 28.2 Å². The molecule has 1 aromatic heterocycles. The SMILES string of the molecule is Cc1cccc(C)c1NC(=O)CN(C)C(=O)c1cnn(-c2ccccc2)c1C. The molecule has 6 heteroatoms. The second-order valence-corrected chi connectivity index (χ2v) is 6.87. The minimum Gasteiger partial charge on any atom is -0.332 e. The highest BCUT2D eigenvalue weighted by Gasteiger charge is 2.21. The molecule has 6 nitrogen and oxygen atoms in total. The molecule has 144 valence electrons. The lowest BCUT2D eigenvalue weighted by atomic mass is 10.1. The van der Waals surface area contributed by atoms with E-state index in [2.05, 4.69) is 10.4 Å². The van der Waals surface area contributed by atoms with Crippen LogP contribution >= 0.6 is 0 Å². The third-order valence-corrected chi connectivity index (χ3v) is 4.71. The number of likely N-dealkylation sites (N-methyl/N-ethyl adjacent to an activating group) is 1. The molecular formula is C22H24N4O2. The molecule has 3 rings (SSSR count). The Morgan fingerprint density at radius 2 is 1.64 bits per heavy atom. The molecule has 0 saturated carbocycles. The van der Waals surface area contributed by atoms with E-state index >= 15 is 0 Å². The molecule has 28 heavy (non-hydrogen) atoms. The summed E-state index contributed by atoms with van der Waals surface area (Å²) in [6.45, 7) is 5.69. The zero-order chi connectivity index (χ0) is 20.3. The number of hydrogen-bond donors (Lipinski definition) is 1. The molecule has 0 saturated heterocycles. The van der Waals surface area contributed by atoms with E-state index in [-0.39, 0.29) is 18.4 Å². The largest absolute Gasteiger partial charge is 0.332 e. The highest BCUT2D eigenvalue weighted by Crippen LogP contribution is 2.19. The van der Waals surface area contributed by atoms with E-state index in [1.807, 2.05) is 69.3 Å². The number of rotatable bonds is 5. The monoisotopic (exact) mass is 376 g/mol. The van der Waals surface area contributed by atoms with Crippen LogP contribution in [0.1, 0.15) is 27.2 Å². The van der Waals surface area contributed by atoms with Gasteiger partial charge in [-0.3, -0.25) is 9.59 Å². The van der Waals surface area contributed by atoms with Crippen molar-refractivity contribution in [3.63, 3.8) is 0 Å². The van der Waals surface area contributed by atoms with Crippen LogP contribution in [0.2, 0.25) is 0 Å². The van der Waals surface area contributed by atoms with E-state index in [9.17, 15) is 9.59 Å². The Kier molecular flexibility index (Phi) is 5.59. The lowest BCUT2D eigenvalue weighted by molar-refractivity contribution is -0.116. The quantitative estimate of drug-likeness (QED) is 0.741. The summed E-state index contributed by atoms with van der Waals surface area (Å²) >= 11 is 0. The maximum absolute atomic E-state index is 12.8. The van der Waals surface area contributed by atoms with Crippen molar-refractivity contribution in [2.45, 2.75) is 20.8 Å². The van der Waals surface area contributed by atoms with Gasteiger partial charge in [-0.15, -0.1) is 0 Å². The van der Waals surface area contributed by atoms with Crippen LogP contribution in [-0.2, 0) is 4.79 Å². The van der Waals surface area contributed by atoms with Crippen LogP contribution in [0, 0.1) is 20.8 Å². The molecule has 1 heterocycles. The van der Waals surface area contributed by atoms with Crippen molar-refractivity contribution in [2.75, 3.05) is 18.9 Å². The van der Waals surface area contributed by atoms with Crippen LogP contribution in [-0.4, -0.2) is 40.1 Å². The molecular weight excluding hydrogens is 352 g/mol. The van der Waals surface area contributed by atoms with Gasteiger partial charge in [0.25, 0.3) is 5.91 Å². The van der Waals surface area contributed by atoms with Crippen molar-refractivity contribution >= 4 is 17.5 Å². The first-order chi connectivity index (χ1) is 13.4. The first-order valence-corrected chi connectivity index (χ1v) is 9.10. The summed E-state index contributed by atoms with van der Waals surface area (Å²) in [7, 11) is 1.62. The lowest BCUT2D eigenvalue weighted by Crippen LogP contribution is -2.35. The Labute approximate surface area is 164 Å². The number of amides is 2. The highest BCUT2D eigenvalue weighted by atomic mass is 16.2. The maximum Gasteiger partial charge on any atom is 0.257 e. The zero-order valence-electron chi connectivity index (χ0n) is 16.6. The topological polar surface area (TPSA) is 67.2 Å². The third kappa shape index (κ3) is 3.96. The average molecular weight is 376 g/mol. The van der Waals surface area contributed by atoms with Crippen LogP contribution < -0.4 is 5.32 Å². The van der Waals surface area contributed by atoms with Gasteiger partial charge in [0.05, 0.1) is 29.7 Å². The van der Waals surface area contributed by atoms with Crippen LogP contribution in [0.5, 0.6) is 0 Å². The zero-order valence-corrected chi connectivity index (χ0v) is 16.6. The van der Waals surface area contributed by atoms with Crippen molar-refractivity contribution in [1.29, 1.82) is 0 Å². The number of nitrogens with zero attached hydrogens (tertiary/aromatic N) is 3. The summed E-state index contributed by atoms with van der Waals surface area (Å²) in [6, 6.07) is 15.5. The molecule has 0 radical (unpaired) electrons. The minimum atomic E-state index is -0.240. The number of benzene rings is 2. The summed E-state index contributed by atoms with van der Waals surface area (Å²) in [6.07, 6.45) is 1.55. The molecule has 0 atom stereocenters. The Bertz CT molecular complexity index is 988. The number of anilines is 1. The smallest absolute Gasteiger partial charge is 0.257 e.